The predicted octanol–water partition coefficient (Wildman–Crippen LogP) is 4.77. The lowest BCUT2D eigenvalue weighted by atomic mass is 9.96. The summed E-state index contributed by atoms with van der Waals surface area (Å²) in [6.45, 7) is 10.6. The fourth-order valence-corrected chi connectivity index (χ4v) is 2.57. The van der Waals surface area contributed by atoms with Crippen molar-refractivity contribution in [2.75, 3.05) is 0 Å². The van der Waals surface area contributed by atoms with Crippen molar-refractivity contribution in [1.29, 1.82) is 0 Å². The molecule has 0 radical (unpaired) electrons. The first-order valence-corrected chi connectivity index (χ1v) is 7.49. The molecule has 0 N–H and O–H groups in total. The zero-order chi connectivity index (χ0) is 14.7. The van der Waals surface area contributed by atoms with Gasteiger partial charge in [0.25, 0.3) is 0 Å². The van der Waals surface area contributed by atoms with E-state index in [9.17, 15) is 0 Å². The Bertz CT molecular complexity index is 551. The van der Waals surface area contributed by atoms with Crippen LogP contribution in [0.2, 0.25) is 0 Å². The number of fused-ring (bicyclic) bond motifs is 1. The first-order valence-electron chi connectivity index (χ1n) is 7.49. The Hall–Kier alpha value is -1.57. The number of ether oxygens (including phenoxy) is 1. The summed E-state index contributed by atoms with van der Waals surface area (Å²) >= 11 is 0. The molecule has 0 spiro atoms. The van der Waals surface area contributed by atoms with Crippen LogP contribution in [0.4, 0.5) is 0 Å². The van der Waals surface area contributed by atoms with Crippen molar-refractivity contribution in [3.05, 3.63) is 40.1 Å². The molecule has 1 aromatic carbocycles. The Kier molecular flexibility index (Phi) is 4.64. The maximum Gasteiger partial charge on any atom is 0.141 e. The van der Waals surface area contributed by atoms with Crippen LogP contribution in [0, 0.1) is 13.8 Å². The van der Waals surface area contributed by atoms with Crippen molar-refractivity contribution in [3.63, 3.8) is 0 Å². The van der Waals surface area contributed by atoms with Crippen molar-refractivity contribution in [2.24, 2.45) is 4.99 Å². The number of nitrogens with zero attached hydrogens (tertiary/aromatic N) is 1. The molecule has 0 saturated heterocycles. The van der Waals surface area contributed by atoms with Crippen LogP contribution in [0.1, 0.15) is 50.3 Å². The third kappa shape index (κ3) is 3.12. The van der Waals surface area contributed by atoms with Crippen molar-refractivity contribution >= 4 is 6.21 Å². The summed E-state index contributed by atoms with van der Waals surface area (Å²) in [5.41, 5.74) is 6.30. The van der Waals surface area contributed by atoms with E-state index >= 15 is 0 Å². The Balaban J connectivity index is 2.28. The van der Waals surface area contributed by atoms with Gasteiger partial charge >= 0.3 is 0 Å². The lowest BCUT2D eigenvalue weighted by Crippen LogP contribution is -2.25. The van der Waals surface area contributed by atoms with Gasteiger partial charge in [-0.25, -0.2) is 0 Å². The molecule has 1 aliphatic rings. The molecule has 0 amide bonds. The molecule has 20 heavy (non-hydrogen) atoms. The second-order valence-corrected chi connectivity index (χ2v) is 5.79. The predicted molar refractivity (Wildman–Crippen MR) is 85.8 cm³/mol. The monoisotopic (exact) mass is 271 g/mol. The van der Waals surface area contributed by atoms with Crippen LogP contribution in [-0.4, -0.2) is 12.3 Å². The van der Waals surface area contributed by atoms with Gasteiger partial charge in [0.05, 0.1) is 5.70 Å². The van der Waals surface area contributed by atoms with Gasteiger partial charge in [-0.2, -0.15) is 0 Å². The van der Waals surface area contributed by atoms with Gasteiger partial charge in [-0.05, 0) is 69.7 Å². The fraction of sp³-hybridized carbons (Fsp3) is 0.500. The van der Waals surface area contributed by atoms with Crippen LogP contribution in [0.15, 0.2) is 28.4 Å². The van der Waals surface area contributed by atoms with E-state index in [0.717, 1.165) is 30.7 Å². The molecular weight excluding hydrogens is 246 g/mol. The van der Waals surface area contributed by atoms with E-state index in [0.29, 0.717) is 0 Å². The number of hydrogen-bond donors (Lipinski definition) is 0. The van der Waals surface area contributed by atoms with E-state index in [1.165, 1.54) is 22.3 Å². The number of aliphatic imine (C=N–C) groups is 1. The Morgan fingerprint density at radius 3 is 2.65 bits per heavy atom. The molecule has 0 aliphatic carbocycles. The number of hydrogen-bond acceptors (Lipinski definition) is 2. The summed E-state index contributed by atoms with van der Waals surface area (Å²) in [7, 11) is 0. The summed E-state index contributed by atoms with van der Waals surface area (Å²) in [4.78, 5) is 4.61. The molecule has 1 atom stereocenters. The van der Waals surface area contributed by atoms with Gasteiger partial charge in [-0.1, -0.05) is 18.6 Å². The van der Waals surface area contributed by atoms with E-state index < -0.39 is 0 Å². The Labute approximate surface area is 122 Å². The van der Waals surface area contributed by atoms with Gasteiger partial charge in [-0.3, -0.25) is 4.99 Å². The lowest BCUT2D eigenvalue weighted by Gasteiger charge is -2.28. The Morgan fingerprint density at radius 1 is 1.30 bits per heavy atom. The summed E-state index contributed by atoms with van der Waals surface area (Å²) in [6.07, 6.45) is 5.11. The highest BCUT2D eigenvalue weighted by molar-refractivity contribution is 5.59. The zero-order valence-corrected chi connectivity index (χ0v) is 13.3. The summed E-state index contributed by atoms with van der Waals surface area (Å²) < 4.78 is 6.22. The highest BCUT2D eigenvalue weighted by Gasteiger charge is 2.24. The van der Waals surface area contributed by atoms with Crippen molar-refractivity contribution < 1.29 is 4.74 Å². The van der Waals surface area contributed by atoms with Crippen molar-refractivity contribution in [3.8, 4) is 5.75 Å². The third-order valence-corrected chi connectivity index (χ3v) is 3.85. The highest BCUT2D eigenvalue weighted by atomic mass is 16.5. The van der Waals surface area contributed by atoms with Crippen molar-refractivity contribution in [2.45, 2.75) is 60.0 Å². The van der Waals surface area contributed by atoms with Gasteiger partial charge in [0.15, 0.2) is 0 Å². The van der Waals surface area contributed by atoms with Crippen LogP contribution in [0.5, 0.6) is 5.75 Å². The topological polar surface area (TPSA) is 21.6 Å². The molecule has 1 heterocycles. The first kappa shape index (κ1) is 14.8. The normalized spacial score (nSPS) is 17.8. The maximum absolute atomic E-state index is 6.22. The summed E-state index contributed by atoms with van der Waals surface area (Å²) in [5.74, 6) is 1.04. The molecule has 0 bridgehead atoms. The molecule has 0 saturated carbocycles. The van der Waals surface area contributed by atoms with E-state index in [-0.39, 0.29) is 6.10 Å². The van der Waals surface area contributed by atoms with Crippen molar-refractivity contribution in [1.82, 2.24) is 0 Å². The standard InChI is InChI=1S/C18H25NO/c1-6-9-19-18(12(2)3)16-8-7-15-10-13(4)14(5)11-17(15)20-16/h9-11,16H,6-8H2,1-5H3. The number of allylic oxidation sites excluding steroid dienone is 1. The van der Waals surface area contributed by atoms with Gasteiger partial charge in [0.2, 0.25) is 0 Å². The minimum Gasteiger partial charge on any atom is -0.484 e. The van der Waals surface area contributed by atoms with E-state index in [4.69, 9.17) is 4.74 Å². The van der Waals surface area contributed by atoms with E-state index in [1.54, 1.807) is 0 Å². The minimum atomic E-state index is 0.0948. The molecular formula is C18H25NO. The fourth-order valence-electron chi connectivity index (χ4n) is 2.57. The largest absolute Gasteiger partial charge is 0.484 e. The van der Waals surface area contributed by atoms with Crippen LogP contribution in [-0.2, 0) is 6.42 Å². The highest BCUT2D eigenvalue weighted by Crippen LogP contribution is 2.33. The van der Waals surface area contributed by atoms with Crippen LogP contribution in [0.3, 0.4) is 0 Å². The summed E-state index contributed by atoms with van der Waals surface area (Å²) in [6, 6.07) is 4.43. The Morgan fingerprint density at radius 2 is 2.00 bits per heavy atom. The van der Waals surface area contributed by atoms with Crippen LogP contribution >= 0.6 is 0 Å². The lowest BCUT2D eigenvalue weighted by molar-refractivity contribution is 0.204. The van der Waals surface area contributed by atoms with Crippen LogP contribution < -0.4 is 4.74 Å². The molecule has 2 heteroatoms. The van der Waals surface area contributed by atoms with E-state index in [2.05, 4.69) is 51.7 Å². The average Bonchev–Trinajstić information content (AvgIpc) is 2.40. The van der Waals surface area contributed by atoms with E-state index in [1.807, 2.05) is 6.21 Å². The molecule has 0 aromatic heterocycles. The average molecular weight is 271 g/mol. The minimum absolute atomic E-state index is 0.0948. The molecule has 1 unspecified atom stereocenters. The summed E-state index contributed by atoms with van der Waals surface area (Å²) in [5, 5.41) is 0. The first-order chi connectivity index (χ1) is 9.52. The smallest absolute Gasteiger partial charge is 0.141 e. The number of benzene rings is 1. The number of aryl methyl sites for hydroxylation is 3. The zero-order valence-electron chi connectivity index (χ0n) is 13.3. The number of rotatable bonds is 3. The van der Waals surface area contributed by atoms with Gasteiger partial charge < -0.3 is 4.74 Å². The SMILES string of the molecule is CCC=NC(=C(C)C)C1CCc2cc(C)c(C)cc2O1. The molecule has 2 nitrogen and oxygen atoms in total. The molecule has 2 rings (SSSR count). The van der Waals surface area contributed by atoms with Gasteiger partial charge in [0.1, 0.15) is 11.9 Å². The van der Waals surface area contributed by atoms with Crippen LogP contribution in [0.25, 0.3) is 0 Å². The third-order valence-electron chi connectivity index (χ3n) is 3.85. The molecule has 108 valence electrons. The quantitative estimate of drug-likeness (QED) is 0.725. The second-order valence-electron chi connectivity index (χ2n) is 5.79. The molecule has 1 aromatic rings. The van der Waals surface area contributed by atoms with Gasteiger partial charge in [0, 0.05) is 6.21 Å². The molecule has 0 fully saturated rings. The molecule has 1 aliphatic heterocycles. The van der Waals surface area contributed by atoms with Gasteiger partial charge in [-0.15, -0.1) is 0 Å². The maximum atomic E-state index is 6.22. The second kappa shape index (κ2) is 6.25.